The lowest BCUT2D eigenvalue weighted by Crippen LogP contribution is -2.40. The second-order valence-electron chi connectivity index (χ2n) is 5.10. The van der Waals surface area contributed by atoms with Crippen LogP contribution in [-0.4, -0.2) is 18.0 Å². The third-order valence-corrected chi connectivity index (χ3v) is 3.73. The lowest BCUT2D eigenvalue weighted by atomic mass is 9.91. The van der Waals surface area contributed by atoms with Crippen molar-refractivity contribution in [1.29, 1.82) is 0 Å². The van der Waals surface area contributed by atoms with Crippen molar-refractivity contribution < 1.29 is 4.79 Å². The molecule has 1 aromatic carbocycles. The Hall–Kier alpha value is -1.55. The van der Waals surface area contributed by atoms with Crippen LogP contribution in [-0.2, 0) is 0 Å². The van der Waals surface area contributed by atoms with Gasteiger partial charge in [0.05, 0.1) is 0 Å². The van der Waals surface area contributed by atoms with Gasteiger partial charge < -0.3 is 16.8 Å². The molecule has 0 aliphatic heterocycles. The fourth-order valence-corrected chi connectivity index (χ4v) is 2.43. The van der Waals surface area contributed by atoms with E-state index in [-0.39, 0.29) is 11.9 Å². The van der Waals surface area contributed by atoms with Crippen LogP contribution >= 0.6 is 0 Å². The molecule has 1 saturated carbocycles. The summed E-state index contributed by atoms with van der Waals surface area (Å²) in [7, 11) is 0. The molecule has 0 heterocycles. The van der Waals surface area contributed by atoms with Gasteiger partial charge in [0.2, 0.25) is 0 Å². The molecule has 18 heavy (non-hydrogen) atoms. The summed E-state index contributed by atoms with van der Waals surface area (Å²) < 4.78 is 0. The van der Waals surface area contributed by atoms with Crippen LogP contribution in [0.2, 0.25) is 0 Å². The molecule has 0 unspecified atom stereocenters. The summed E-state index contributed by atoms with van der Waals surface area (Å²) in [6, 6.07) is 5.99. The molecule has 5 N–H and O–H groups in total. The molecule has 0 aromatic heterocycles. The fourth-order valence-electron chi connectivity index (χ4n) is 2.43. The van der Waals surface area contributed by atoms with Gasteiger partial charge in [-0.25, -0.2) is 0 Å². The first-order valence-corrected chi connectivity index (χ1v) is 6.49. The maximum atomic E-state index is 12.2. The summed E-state index contributed by atoms with van der Waals surface area (Å²) in [6.07, 6.45) is 3.91. The molecule has 98 valence electrons. The molecule has 0 bridgehead atoms. The molecule has 4 heteroatoms. The van der Waals surface area contributed by atoms with Gasteiger partial charge in [-0.15, -0.1) is 0 Å². The number of benzene rings is 1. The highest BCUT2D eigenvalue weighted by Crippen LogP contribution is 2.19. The summed E-state index contributed by atoms with van der Waals surface area (Å²) in [4.78, 5) is 12.2. The van der Waals surface area contributed by atoms with Gasteiger partial charge in [0.1, 0.15) is 0 Å². The van der Waals surface area contributed by atoms with Crippen LogP contribution in [0.1, 0.15) is 41.6 Å². The van der Waals surface area contributed by atoms with Crippen LogP contribution in [0.3, 0.4) is 0 Å². The number of nitrogen functional groups attached to an aromatic ring is 1. The number of amides is 1. The number of carbonyl (C=O) groups is 1. The molecule has 4 nitrogen and oxygen atoms in total. The molecule has 0 spiro atoms. The van der Waals surface area contributed by atoms with Gasteiger partial charge in [-0.2, -0.15) is 0 Å². The van der Waals surface area contributed by atoms with Gasteiger partial charge in [-0.05, 0) is 50.3 Å². The summed E-state index contributed by atoms with van der Waals surface area (Å²) >= 11 is 0. The van der Waals surface area contributed by atoms with Crippen molar-refractivity contribution in [2.24, 2.45) is 5.73 Å². The van der Waals surface area contributed by atoms with Crippen LogP contribution in [0.15, 0.2) is 18.2 Å². The standard InChI is InChI=1S/C14H21N3O/c1-9-12(3-2-4-13(9)16)14(18)17-11-7-5-10(15)6-8-11/h2-4,10-11H,5-8,15-16H2,1H3,(H,17,18). The molecule has 1 aromatic rings. The van der Waals surface area contributed by atoms with E-state index in [9.17, 15) is 4.79 Å². The largest absolute Gasteiger partial charge is 0.398 e. The number of hydrogen-bond acceptors (Lipinski definition) is 3. The van der Waals surface area contributed by atoms with E-state index < -0.39 is 0 Å². The number of hydrogen-bond donors (Lipinski definition) is 3. The van der Waals surface area contributed by atoms with E-state index in [1.165, 1.54) is 0 Å². The van der Waals surface area contributed by atoms with E-state index in [4.69, 9.17) is 11.5 Å². The van der Waals surface area contributed by atoms with Crippen molar-refractivity contribution in [3.05, 3.63) is 29.3 Å². The number of carbonyl (C=O) groups excluding carboxylic acids is 1. The SMILES string of the molecule is Cc1c(N)cccc1C(=O)NC1CCC(N)CC1. The fraction of sp³-hybridized carbons (Fsp3) is 0.500. The first-order chi connectivity index (χ1) is 8.58. The Morgan fingerprint density at radius 2 is 1.94 bits per heavy atom. The number of nitrogens with one attached hydrogen (secondary N) is 1. The van der Waals surface area contributed by atoms with Crippen molar-refractivity contribution in [3.8, 4) is 0 Å². The highest BCUT2D eigenvalue weighted by atomic mass is 16.1. The van der Waals surface area contributed by atoms with E-state index >= 15 is 0 Å². The Labute approximate surface area is 108 Å². The Morgan fingerprint density at radius 1 is 1.28 bits per heavy atom. The molecule has 2 rings (SSSR count). The molecule has 1 aliphatic rings. The quantitative estimate of drug-likeness (QED) is 0.694. The Morgan fingerprint density at radius 3 is 2.61 bits per heavy atom. The van der Waals surface area contributed by atoms with Crippen LogP contribution in [0.4, 0.5) is 5.69 Å². The molecular formula is C14H21N3O. The van der Waals surface area contributed by atoms with Gasteiger partial charge in [0.25, 0.3) is 5.91 Å². The van der Waals surface area contributed by atoms with E-state index in [0.29, 0.717) is 17.3 Å². The maximum absolute atomic E-state index is 12.2. The normalized spacial score (nSPS) is 23.7. The second-order valence-corrected chi connectivity index (χ2v) is 5.10. The molecule has 1 amide bonds. The van der Waals surface area contributed by atoms with Crippen molar-refractivity contribution in [1.82, 2.24) is 5.32 Å². The Balaban J connectivity index is 2.01. The average molecular weight is 247 g/mol. The van der Waals surface area contributed by atoms with Crippen LogP contribution in [0, 0.1) is 6.92 Å². The van der Waals surface area contributed by atoms with Crippen molar-refractivity contribution >= 4 is 11.6 Å². The summed E-state index contributed by atoms with van der Waals surface area (Å²) in [5.74, 6) is -0.0275. The highest BCUT2D eigenvalue weighted by Gasteiger charge is 2.21. The van der Waals surface area contributed by atoms with Crippen LogP contribution < -0.4 is 16.8 Å². The van der Waals surface area contributed by atoms with Crippen LogP contribution in [0.25, 0.3) is 0 Å². The zero-order chi connectivity index (χ0) is 13.1. The molecule has 0 atom stereocenters. The number of rotatable bonds is 2. The zero-order valence-corrected chi connectivity index (χ0v) is 10.8. The lowest BCUT2D eigenvalue weighted by Gasteiger charge is -2.27. The zero-order valence-electron chi connectivity index (χ0n) is 10.8. The first kappa shape index (κ1) is 12.9. The summed E-state index contributed by atoms with van der Waals surface area (Å²) in [5.41, 5.74) is 13.8. The minimum absolute atomic E-state index is 0.0275. The van der Waals surface area contributed by atoms with Crippen molar-refractivity contribution in [3.63, 3.8) is 0 Å². The average Bonchev–Trinajstić information content (AvgIpc) is 2.35. The predicted molar refractivity (Wildman–Crippen MR) is 73.3 cm³/mol. The first-order valence-electron chi connectivity index (χ1n) is 6.49. The maximum Gasteiger partial charge on any atom is 0.251 e. The Bertz CT molecular complexity index is 437. The second kappa shape index (κ2) is 5.40. The van der Waals surface area contributed by atoms with Crippen molar-refractivity contribution in [2.75, 3.05) is 5.73 Å². The lowest BCUT2D eigenvalue weighted by molar-refractivity contribution is 0.0925. The molecule has 0 saturated heterocycles. The van der Waals surface area contributed by atoms with E-state index in [0.717, 1.165) is 31.2 Å². The summed E-state index contributed by atoms with van der Waals surface area (Å²) in [5, 5.41) is 3.07. The molecule has 0 radical (unpaired) electrons. The van der Waals surface area contributed by atoms with Gasteiger partial charge in [0, 0.05) is 23.3 Å². The smallest absolute Gasteiger partial charge is 0.251 e. The van der Waals surface area contributed by atoms with Crippen molar-refractivity contribution in [2.45, 2.75) is 44.7 Å². The number of nitrogens with two attached hydrogens (primary N) is 2. The highest BCUT2D eigenvalue weighted by molar-refractivity contribution is 5.97. The molecule has 1 fully saturated rings. The summed E-state index contributed by atoms with van der Waals surface area (Å²) in [6.45, 7) is 1.88. The van der Waals surface area contributed by atoms with Gasteiger partial charge in [0.15, 0.2) is 0 Å². The van der Waals surface area contributed by atoms with Gasteiger partial charge >= 0.3 is 0 Å². The van der Waals surface area contributed by atoms with E-state index in [1.807, 2.05) is 25.1 Å². The van der Waals surface area contributed by atoms with Gasteiger partial charge in [-0.3, -0.25) is 4.79 Å². The molecule has 1 aliphatic carbocycles. The monoisotopic (exact) mass is 247 g/mol. The Kier molecular flexibility index (Phi) is 3.87. The predicted octanol–water partition coefficient (Wildman–Crippen LogP) is 1.58. The minimum atomic E-state index is -0.0275. The van der Waals surface area contributed by atoms with E-state index in [1.54, 1.807) is 0 Å². The van der Waals surface area contributed by atoms with Crippen LogP contribution in [0.5, 0.6) is 0 Å². The third kappa shape index (κ3) is 2.82. The third-order valence-electron chi connectivity index (χ3n) is 3.73. The molecular weight excluding hydrogens is 226 g/mol. The minimum Gasteiger partial charge on any atom is -0.398 e. The van der Waals surface area contributed by atoms with Gasteiger partial charge in [-0.1, -0.05) is 6.07 Å². The number of anilines is 1. The van der Waals surface area contributed by atoms with E-state index in [2.05, 4.69) is 5.32 Å². The topological polar surface area (TPSA) is 81.1 Å².